The van der Waals surface area contributed by atoms with E-state index in [9.17, 15) is 0 Å². The number of nitrogens with one attached hydrogen (secondary N) is 1. The lowest BCUT2D eigenvalue weighted by Crippen LogP contribution is -2.50. The number of aryl methyl sites for hydroxylation is 1. The highest BCUT2D eigenvalue weighted by Crippen LogP contribution is 2.22. The van der Waals surface area contributed by atoms with Crippen LogP contribution in [0.2, 0.25) is 0 Å². The molecule has 0 saturated carbocycles. The second-order valence-corrected chi connectivity index (χ2v) is 5.83. The summed E-state index contributed by atoms with van der Waals surface area (Å²) >= 11 is 0. The van der Waals surface area contributed by atoms with Crippen molar-refractivity contribution in [2.24, 2.45) is 0 Å². The molecule has 3 nitrogen and oxygen atoms in total. The van der Waals surface area contributed by atoms with Gasteiger partial charge in [0, 0.05) is 31.1 Å². The highest BCUT2D eigenvalue weighted by molar-refractivity contribution is 4.98. The quantitative estimate of drug-likeness (QED) is 0.856. The molecule has 3 atom stereocenters. The van der Waals surface area contributed by atoms with Crippen molar-refractivity contribution in [3.63, 3.8) is 0 Å². The van der Waals surface area contributed by atoms with E-state index in [-0.39, 0.29) is 0 Å². The molecule has 19 heavy (non-hydrogen) atoms. The van der Waals surface area contributed by atoms with E-state index in [2.05, 4.69) is 37.1 Å². The first kappa shape index (κ1) is 14.6. The van der Waals surface area contributed by atoms with Gasteiger partial charge in [-0.2, -0.15) is 0 Å². The minimum atomic E-state index is 0.641. The van der Waals surface area contributed by atoms with Crippen LogP contribution in [0, 0.1) is 0 Å². The van der Waals surface area contributed by atoms with Gasteiger partial charge >= 0.3 is 0 Å². The maximum absolute atomic E-state index is 5.42. The number of nitrogens with zero attached hydrogens (tertiary/aromatic N) is 1. The predicted octanol–water partition coefficient (Wildman–Crippen LogP) is 3.06. The minimum absolute atomic E-state index is 0.641. The topological polar surface area (TPSA) is 28.4 Å². The highest BCUT2D eigenvalue weighted by atomic mass is 16.3. The minimum Gasteiger partial charge on any atom is -0.469 e. The molecule has 1 aromatic rings. The number of hydrogen-bond acceptors (Lipinski definition) is 3. The van der Waals surface area contributed by atoms with Crippen LogP contribution in [0.4, 0.5) is 0 Å². The van der Waals surface area contributed by atoms with Gasteiger partial charge in [-0.25, -0.2) is 0 Å². The Labute approximate surface area is 117 Å². The molecule has 0 bridgehead atoms. The van der Waals surface area contributed by atoms with Gasteiger partial charge in [-0.05, 0) is 51.8 Å². The summed E-state index contributed by atoms with van der Waals surface area (Å²) in [6.45, 7) is 9.23. The van der Waals surface area contributed by atoms with Crippen LogP contribution in [0.15, 0.2) is 22.8 Å². The fourth-order valence-corrected chi connectivity index (χ4v) is 3.29. The van der Waals surface area contributed by atoms with E-state index in [4.69, 9.17) is 4.42 Å². The van der Waals surface area contributed by atoms with Gasteiger partial charge in [0.2, 0.25) is 0 Å². The van der Waals surface area contributed by atoms with Crippen LogP contribution < -0.4 is 5.32 Å². The molecule has 0 aliphatic carbocycles. The summed E-state index contributed by atoms with van der Waals surface area (Å²) in [6.07, 6.45) is 6.56. The van der Waals surface area contributed by atoms with E-state index in [0.29, 0.717) is 18.1 Å². The Hall–Kier alpha value is -0.800. The lowest BCUT2D eigenvalue weighted by molar-refractivity contribution is 0.0912. The van der Waals surface area contributed by atoms with Crippen LogP contribution in [-0.4, -0.2) is 36.1 Å². The van der Waals surface area contributed by atoms with Gasteiger partial charge < -0.3 is 9.73 Å². The van der Waals surface area contributed by atoms with Crippen LogP contribution in [-0.2, 0) is 6.42 Å². The van der Waals surface area contributed by atoms with Gasteiger partial charge in [-0.1, -0.05) is 6.92 Å². The van der Waals surface area contributed by atoms with E-state index in [0.717, 1.165) is 18.7 Å². The third-order valence-electron chi connectivity index (χ3n) is 4.38. The first-order valence-corrected chi connectivity index (χ1v) is 7.72. The number of hydrogen-bond donors (Lipinski definition) is 1. The Balaban J connectivity index is 1.78. The van der Waals surface area contributed by atoms with Gasteiger partial charge in [-0.3, -0.25) is 4.90 Å². The lowest BCUT2D eigenvalue weighted by Gasteiger charge is -2.41. The third kappa shape index (κ3) is 4.08. The molecule has 1 saturated heterocycles. The SMILES string of the molecule is CCNC1CCN(C(C)CCc2ccco2)C(C)C1. The Morgan fingerprint density at radius 1 is 1.53 bits per heavy atom. The molecule has 1 fully saturated rings. The Bertz CT molecular complexity index is 350. The number of likely N-dealkylation sites (tertiary alicyclic amines) is 1. The van der Waals surface area contributed by atoms with Gasteiger partial charge in [0.15, 0.2) is 0 Å². The van der Waals surface area contributed by atoms with Crippen LogP contribution in [0.1, 0.15) is 45.8 Å². The zero-order valence-electron chi connectivity index (χ0n) is 12.6. The molecule has 0 spiro atoms. The summed E-state index contributed by atoms with van der Waals surface area (Å²) in [7, 11) is 0. The summed E-state index contributed by atoms with van der Waals surface area (Å²) in [5, 5.41) is 3.59. The van der Waals surface area contributed by atoms with Gasteiger partial charge in [0.1, 0.15) is 5.76 Å². The smallest absolute Gasteiger partial charge is 0.103 e. The molecule has 1 aliphatic heterocycles. The van der Waals surface area contributed by atoms with Crippen molar-refractivity contribution in [1.29, 1.82) is 0 Å². The van der Waals surface area contributed by atoms with Crippen molar-refractivity contribution in [2.75, 3.05) is 13.1 Å². The standard InChI is InChI=1S/C16H28N2O/c1-4-17-15-9-10-18(14(3)12-15)13(2)7-8-16-6-5-11-19-16/h5-6,11,13-15,17H,4,7-10,12H2,1-3H3. The average Bonchev–Trinajstić information content (AvgIpc) is 2.89. The molecule has 108 valence electrons. The highest BCUT2D eigenvalue weighted by Gasteiger charge is 2.27. The molecule has 0 aromatic carbocycles. The molecule has 1 N–H and O–H groups in total. The maximum Gasteiger partial charge on any atom is 0.103 e. The number of piperidine rings is 1. The molecule has 3 unspecified atom stereocenters. The van der Waals surface area contributed by atoms with Gasteiger partial charge in [-0.15, -0.1) is 0 Å². The van der Waals surface area contributed by atoms with Gasteiger partial charge in [0.25, 0.3) is 0 Å². The van der Waals surface area contributed by atoms with Crippen molar-refractivity contribution in [3.8, 4) is 0 Å². The van der Waals surface area contributed by atoms with Crippen molar-refractivity contribution >= 4 is 0 Å². The molecular formula is C16H28N2O. The number of furan rings is 1. The second-order valence-electron chi connectivity index (χ2n) is 5.83. The molecule has 2 heterocycles. The fraction of sp³-hybridized carbons (Fsp3) is 0.750. The summed E-state index contributed by atoms with van der Waals surface area (Å²) < 4.78 is 5.42. The summed E-state index contributed by atoms with van der Waals surface area (Å²) in [5.41, 5.74) is 0. The van der Waals surface area contributed by atoms with Crippen molar-refractivity contribution in [1.82, 2.24) is 10.2 Å². The largest absolute Gasteiger partial charge is 0.469 e. The van der Waals surface area contributed by atoms with E-state index in [1.165, 1.54) is 25.8 Å². The first-order valence-electron chi connectivity index (χ1n) is 7.72. The molecule has 1 aliphatic rings. The van der Waals surface area contributed by atoms with Crippen LogP contribution in [0.5, 0.6) is 0 Å². The van der Waals surface area contributed by atoms with Crippen molar-refractivity contribution in [2.45, 2.75) is 64.6 Å². The molecule has 2 rings (SSSR count). The van der Waals surface area contributed by atoms with Crippen molar-refractivity contribution < 1.29 is 4.42 Å². The van der Waals surface area contributed by atoms with Crippen LogP contribution in [0.3, 0.4) is 0 Å². The second kappa shape index (κ2) is 7.11. The Morgan fingerprint density at radius 3 is 3.00 bits per heavy atom. The molecule has 1 aromatic heterocycles. The zero-order valence-corrected chi connectivity index (χ0v) is 12.6. The Kier molecular flexibility index (Phi) is 5.46. The first-order chi connectivity index (χ1) is 9.20. The summed E-state index contributed by atoms with van der Waals surface area (Å²) in [4.78, 5) is 2.66. The lowest BCUT2D eigenvalue weighted by atomic mass is 9.95. The maximum atomic E-state index is 5.42. The monoisotopic (exact) mass is 264 g/mol. The molecule has 3 heteroatoms. The fourth-order valence-electron chi connectivity index (χ4n) is 3.29. The summed E-state index contributed by atoms with van der Waals surface area (Å²) in [5.74, 6) is 1.11. The van der Waals surface area contributed by atoms with E-state index < -0.39 is 0 Å². The van der Waals surface area contributed by atoms with E-state index in [1.54, 1.807) is 6.26 Å². The van der Waals surface area contributed by atoms with Gasteiger partial charge in [0.05, 0.1) is 6.26 Å². The average molecular weight is 264 g/mol. The van der Waals surface area contributed by atoms with E-state index >= 15 is 0 Å². The molecule has 0 radical (unpaired) electrons. The summed E-state index contributed by atoms with van der Waals surface area (Å²) in [6, 6.07) is 6.10. The third-order valence-corrected chi connectivity index (χ3v) is 4.38. The zero-order chi connectivity index (χ0) is 13.7. The normalized spacial score (nSPS) is 26.5. The van der Waals surface area contributed by atoms with Crippen LogP contribution in [0.25, 0.3) is 0 Å². The number of rotatable bonds is 6. The Morgan fingerprint density at radius 2 is 2.37 bits per heavy atom. The van der Waals surface area contributed by atoms with Crippen LogP contribution >= 0.6 is 0 Å². The van der Waals surface area contributed by atoms with Crippen molar-refractivity contribution in [3.05, 3.63) is 24.2 Å². The predicted molar refractivity (Wildman–Crippen MR) is 79.4 cm³/mol. The van der Waals surface area contributed by atoms with E-state index in [1.807, 2.05) is 6.07 Å². The molecule has 0 amide bonds. The molecular weight excluding hydrogens is 236 g/mol.